The number of piperidine rings is 1. The molecule has 106 valence electrons. The van der Waals surface area contributed by atoms with Crippen LogP contribution in [0.5, 0.6) is 0 Å². The highest BCUT2D eigenvalue weighted by atomic mass is 79.9. The van der Waals surface area contributed by atoms with Gasteiger partial charge < -0.3 is 5.73 Å². The van der Waals surface area contributed by atoms with Crippen molar-refractivity contribution in [3.05, 3.63) is 27.7 Å². The summed E-state index contributed by atoms with van der Waals surface area (Å²) in [5.41, 5.74) is 5.64. The van der Waals surface area contributed by atoms with Gasteiger partial charge in [0.05, 0.1) is 9.92 Å². The molecule has 0 amide bonds. The Morgan fingerprint density at radius 1 is 1.47 bits per heavy atom. The smallest absolute Gasteiger partial charge is 0.243 e. The van der Waals surface area contributed by atoms with Crippen LogP contribution < -0.4 is 5.73 Å². The zero-order valence-corrected chi connectivity index (χ0v) is 13.5. The Balaban J connectivity index is 2.28. The van der Waals surface area contributed by atoms with Gasteiger partial charge in [-0.05, 0) is 59.4 Å². The fraction of sp³-hybridized carbons (Fsp3) is 0.500. The summed E-state index contributed by atoms with van der Waals surface area (Å²) in [4.78, 5) is 0.265. The molecule has 4 nitrogen and oxygen atoms in total. The van der Waals surface area contributed by atoms with Crippen LogP contribution in [0.15, 0.2) is 27.6 Å². The first kappa shape index (κ1) is 15.3. The molecule has 7 heteroatoms. The first-order chi connectivity index (χ1) is 8.95. The lowest BCUT2D eigenvalue weighted by Gasteiger charge is -2.31. The van der Waals surface area contributed by atoms with Gasteiger partial charge in [-0.1, -0.05) is 11.6 Å². The molecular formula is C12H16BrClN2O2S. The lowest BCUT2D eigenvalue weighted by Crippen LogP contribution is -2.41. The summed E-state index contributed by atoms with van der Waals surface area (Å²) in [7, 11) is -3.46. The molecule has 1 aromatic carbocycles. The molecule has 0 spiro atoms. The van der Waals surface area contributed by atoms with E-state index in [4.69, 9.17) is 17.3 Å². The fourth-order valence-corrected chi connectivity index (χ4v) is 4.45. The van der Waals surface area contributed by atoms with Gasteiger partial charge in [0.1, 0.15) is 0 Å². The molecule has 0 aromatic heterocycles. The molecule has 0 saturated carbocycles. The standard InChI is InChI=1S/C12H16BrClN2O2S/c13-11-6-10(3-4-12(11)14)19(17,18)16-5-1-2-9(7-15)8-16/h3-4,6,9H,1-2,5,7-8,15H2. The van der Waals surface area contributed by atoms with Crippen molar-refractivity contribution in [1.29, 1.82) is 0 Å². The molecule has 0 aliphatic carbocycles. The fourth-order valence-electron chi connectivity index (χ4n) is 2.22. The Morgan fingerprint density at radius 2 is 2.21 bits per heavy atom. The molecule has 1 unspecified atom stereocenters. The Kier molecular flexibility index (Phi) is 4.89. The predicted molar refractivity (Wildman–Crippen MR) is 79.7 cm³/mol. The van der Waals surface area contributed by atoms with Gasteiger partial charge in [0, 0.05) is 17.6 Å². The van der Waals surface area contributed by atoms with Crippen LogP contribution in [0.25, 0.3) is 0 Å². The number of nitrogens with zero attached hydrogens (tertiary/aromatic N) is 1. The van der Waals surface area contributed by atoms with Gasteiger partial charge in [0.25, 0.3) is 0 Å². The average Bonchev–Trinajstić information content (AvgIpc) is 2.41. The van der Waals surface area contributed by atoms with Crippen LogP contribution in [0.4, 0.5) is 0 Å². The van der Waals surface area contributed by atoms with Crippen LogP contribution in [-0.4, -0.2) is 32.4 Å². The summed E-state index contributed by atoms with van der Waals surface area (Å²) in [6, 6.07) is 4.67. The highest BCUT2D eigenvalue weighted by Crippen LogP contribution is 2.28. The topological polar surface area (TPSA) is 63.4 Å². The molecular weight excluding hydrogens is 352 g/mol. The summed E-state index contributed by atoms with van der Waals surface area (Å²) < 4.78 is 27.2. The van der Waals surface area contributed by atoms with E-state index in [1.54, 1.807) is 12.1 Å². The number of hydrogen-bond donors (Lipinski definition) is 1. The van der Waals surface area contributed by atoms with E-state index >= 15 is 0 Å². The van der Waals surface area contributed by atoms with Gasteiger partial charge in [-0.25, -0.2) is 8.42 Å². The number of halogens is 2. The van der Waals surface area contributed by atoms with Crippen molar-refractivity contribution >= 4 is 37.6 Å². The van der Waals surface area contributed by atoms with E-state index in [2.05, 4.69) is 15.9 Å². The number of hydrogen-bond acceptors (Lipinski definition) is 3. The van der Waals surface area contributed by atoms with Gasteiger partial charge in [0.15, 0.2) is 0 Å². The number of nitrogens with two attached hydrogens (primary N) is 1. The Hall–Kier alpha value is -0.140. The summed E-state index contributed by atoms with van der Waals surface area (Å²) in [6.07, 6.45) is 1.85. The van der Waals surface area contributed by atoms with Crippen LogP contribution >= 0.6 is 27.5 Å². The Labute approximate surface area is 127 Å². The van der Waals surface area contributed by atoms with Crippen molar-refractivity contribution in [3.63, 3.8) is 0 Å². The molecule has 2 rings (SSSR count). The molecule has 1 aliphatic rings. The van der Waals surface area contributed by atoms with E-state index < -0.39 is 10.0 Å². The highest BCUT2D eigenvalue weighted by Gasteiger charge is 2.29. The molecule has 1 saturated heterocycles. The largest absolute Gasteiger partial charge is 0.330 e. The molecule has 1 aliphatic heterocycles. The van der Waals surface area contributed by atoms with Gasteiger partial charge >= 0.3 is 0 Å². The van der Waals surface area contributed by atoms with Crippen molar-refractivity contribution in [2.24, 2.45) is 11.7 Å². The van der Waals surface area contributed by atoms with E-state index in [9.17, 15) is 8.42 Å². The van der Waals surface area contributed by atoms with E-state index in [1.165, 1.54) is 10.4 Å². The number of rotatable bonds is 3. The Bertz CT molecular complexity index is 565. The predicted octanol–water partition coefficient (Wildman–Crippen LogP) is 2.46. The molecule has 1 atom stereocenters. The minimum absolute atomic E-state index is 0.249. The second kappa shape index (κ2) is 6.10. The summed E-state index contributed by atoms with van der Waals surface area (Å²) in [6.45, 7) is 1.58. The first-order valence-electron chi connectivity index (χ1n) is 6.10. The molecule has 1 fully saturated rings. The third-order valence-corrected chi connectivity index (χ3v) is 6.42. The van der Waals surface area contributed by atoms with E-state index in [0.29, 0.717) is 29.1 Å². The van der Waals surface area contributed by atoms with E-state index in [0.717, 1.165) is 12.8 Å². The SMILES string of the molecule is NCC1CCCN(S(=O)(=O)c2ccc(Cl)c(Br)c2)C1. The van der Waals surface area contributed by atoms with Crippen LogP contribution in [0.2, 0.25) is 5.02 Å². The third-order valence-electron chi connectivity index (χ3n) is 3.34. The van der Waals surface area contributed by atoms with Gasteiger partial charge in [0.2, 0.25) is 10.0 Å². The van der Waals surface area contributed by atoms with Crippen molar-refractivity contribution < 1.29 is 8.42 Å². The van der Waals surface area contributed by atoms with Crippen LogP contribution in [-0.2, 0) is 10.0 Å². The monoisotopic (exact) mass is 366 g/mol. The maximum Gasteiger partial charge on any atom is 0.243 e. The van der Waals surface area contributed by atoms with Gasteiger partial charge in [-0.3, -0.25) is 0 Å². The quantitative estimate of drug-likeness (QED) is 0.892. The van der Waals surface area contributed by atoms with Crippen molar-refractivity contribution in [2.45, 2.75) is 17.7 Å². The van der Waals surface area contributed by atoms with Crippen LogP contribution in [0.1, 0.15) is 12.8 Å². The molecule has 0 bridgehead atoms. The average molecular weight is 368 g/mol. The van der Waals surface area contributed by atoms with Crippen LogP contribution in [0.3, 0.4) is 0 Å². The summed E-state index contributed by atoms with van der Waals surface area (Å²) >= 11 is 9.14. The van der Waals surface area contributed by atoms with Crippen molar-refractivity contribution in [2.75, 3.05) is 19.6 Å². The Morgan fingerprint density at radius 3 is 2.84 bits per heavy atom. The second-order valence-corrected chi connectivity index (χ2v) is 7.88. The normalized spacial score (nSPS) is 21.5. The highest BCUT2D eigenvalue weighted by molar-refractivity contribution is 9.10. The van der Waals surface area contributed by atoms with Gasteiger partial charge in [-0.15, -0.1) is 0 Å². The summed E-state index contributed by atoms with van der Waals surface area (Å²) in [5, 5.41) is 0.498. The molecule has 19 heavy (non-hydrogen) atoms. The molecule has 0 radical (unpaired) electrons. The third kappa shape index (κ3) is 3.31. The van der Waals surface area contributed by atoms with Crippen LogP contribution in [0, 0.1) is 5.92 Å². The van der Waals surface area contributed by atoms with E-state index in [1.807, 2.05) is 0 Å². The zero-order valence-electron chi connectivity index (χ0n) is 10.4. The minimum atomic E-state index is -3.46. The first-order valence-corrected chi connectivity index (χ1v) is 8.71. The second-order valence-electron chi connectivity index (χ2n) is 4.68. The maximum atomic E-state index is 12.5. The van der Waals surface area contributed by atoms with E-state index in [-0.39, 0.29) is 10.8 Å². The van der Waals surface area contributed by atoms with Crippen molar-refractivity contribution in [1.82, 2.24) is 4.31 Å². The number of sulfonamides is 1. The zero-order chi connectivity index (χ0) is 14.0. The number of benzene rings is 1. The molecule has 1 heterocycles. The van der Waals surface area contributed by atoms with Crippen molar-refractivity contribution in [3.8, 4) is 0 Å². The maximum absolute atomic E-state index is 12.5. The molecule has 2 N–H and O–H groups in total. The lowest BCUT2D eigenvalue weighted by molar-refractivity contribution is 0.271. The molecule has 1 aromatic rings. The minimum Gasteiger partial charge on any atom is -0.330 e. The summed E-state index contributed by atoms with van der Waals surface area (Å²) in [5.74, 6) is 0.249. The lowest BCUT2D eigenvalue weighted by atomic mass is 10.0. The van der Waals surface area contributed by atoms with Gasteiger partial charge in [-0.2, -0.15) is 4.31 Å².